The molecule has 1 atom stereocenters. The van der Waals surface area contributed by atoms with Gasteiger partial charge in [-0.05, 0) is 44.7 Å². The van der Waals surface area contributed by atoms with Crippen molar-refractivity contribution in [3.63, 3.8) is 0 Å². The van der Waals surface area contributed by atoms with Gasteiger partial charge in [0.2, 0.25) is 0 Å². The lowest BCUT2D eigenvalue weighted by molar-refractivity contribution is 0.0526. The Bertz CT molecular complexity index is 388. The molecule has 0 saturated carbocycles. The number of hydrogen-bond acceptors (Lipinski definition) is 4. The van der Waals surface area contributed by atoms with Crippen molar-refractivity contribution >= 4 is 11.8 Å². The average molecular weight is 264 g/mol. The normalized spacial score (nSPS) is 12.3. The summed E-state index contributed by atoms with van der Waals surface area (Å²) in [6.07, 6.45) is 3.85. The van der Waals surface area contributed by atoms with E-state index in [1.165, 1.54) is 6.42 Å². The Morgan fingerprint density at radius 2 is 2.05 bits per heavy atom. The van der Waals surface area contributed by atoms with E-state index < -0.39 is 0 Å². The number of esters is 1. The highest BCUT2D eigenvalue weighted by Gasteiger charge is 2.08. The largest absolute Gasteiger partial charge is 0.462 e. The summed E-state index contributed by atoms with van der Waals surface area (Å²) in [5.41, 5.74) is 0.488. The van der Waals surface area contributed by atoms with Crippen LogP contribution < -0.4 is 5.32 Å². The van der Waals surface area contributed by atoms with E-state index in [1.807, 2.05) is 6.07 Å². The lowest BCUT2D eigenvalue weighted by Crippen LogP contribution is -2.17. The van der Waals surface area contributed by atoms with E-state index in [0.29, 0.717) is 24.1 Å². The molecule has 0 spiro atoms. The Morgan fingerprint density at radius 3 is 2.58 bits per heavy atom. The van der Waals surface area contributed by atoms with Crippen LogP contribution in [0.4, 0.5) is 5.82 Å². The molecule has 19 heavy (non-hydrogen) atoms. The van der Waals surface area contributed by atoms with Crippen LogP contribution in [0.1, 0.15) is 50.9 Å². The number of rotatable bonds is 7. The van der Waals surface area contributed by atoms with Crippen molar-refractivity contribution < 1.29 is 9.53 Å². The maximum atomic E-state index is 11.5. The molecule has 4 heteroatoms. The van der Waals surface area contributed by atoms with Crippen LogP contribution in [-0.4, -0.2) is 23.6 Å². The number of carbonyl (C=O) groups excluding carboxylic acids is 1. The highest BCUT2D eigenvalue weighted by atomic mass is 16.5. The third-order valence-electron chi connectivity index (χ3n) is 2.85. The van der Waals surface area contributed by atoms with Gasteiger partial charge in [0.25, 0.3) is 0 Å². The van der Waals surface area contributed by atoms with Gasteiger partial charge in [0.05, 0.1) is 12.2 Å². The zero-order chi connectivity index (χ0) is 14.3. The van der Waals surface area contributed by atoms with Gasteiger partial charge in [-0.15, -0.1) is 0 Å². The van der Waals surface area contributed by atoms with Crippen LogP contribution in [0.15, 0.2) is 18.3 Å². The second kappa shape index (κ2) is 7.77. The van der Waals surface area contributed by atoms with Gasteiger partial charge in [0.1, 0.15) is 5.82 Å². The number of nitrogens with zero attached hydrogens (tertiary/aromatic N) is 1. The van der Waals surface area contributed by atoms with E-state index in [2.05, 4.69) is 31.1 Å². The average Bonchev–Trinajstić information content (AvgIpc) is 2.37. The topological polar surface area (TPSA) is 51.2 Å². The molecule has 0 amide bonds. The lowest BCUT2D eigenvalue weighted by atomic mass is 10.0. The number of hydrogen-bond donors (Lipinski definition) is 1. The third-order valence-corrected chi connectivity index (χ3v) is 2.85. The SMILES string of the molecule is CCOC(=O)c1ccc(NC(C)CCC(C)C)nc1. The summed E-state index contributed by atoms with van der Waals surface area (Å²) in [6, 6.07) is 3.93. The Balaban J connectivity index is 2.50. The molecule has 0 bridgehead atoms. The van der Waals surface area contributed by atoms with Gasteiger partial charge in [0.15, 0.2) is 0 Å². The molecule has 0 fully saturated rings. The minimum Gasteiger partial charge on any atom is -0.462 e. The molecular formula is C15H24N2O2. The molecule has 1 aromatic rings. The van der Waals surface area contributed by atoms with Crippen LogP contribution in [0.5, 0.6) is 0 Å². The van der Waals surface area contributed by atoms with E-state index in [-0.39, 0.29) is 5.97 Å². The van der Waals surface area contributed by atoms with Crippen molar-refractivity contribution in [2.24, 2.45) is 5.92 Å². The van der Waals surface area contributed by atoms with E-state index in [1.54, 1.807) is 19.2 Å². The van der Waals surface area contributed by atoms with E-state index in [4.69, 9.17) is 4.74 Å². The summed E-state index contributed by atoms with van der Waals surface area (Å²) in [5.74, 6) is 1.18. The molecule has 0 aromatic carbocycles. The Labute approximate surface area is 115 Å². The number of aromatic nitrogens is 1. The second-order valence-corrected chi connectivity index (χ2v) is 5.17. The van der Waals surface area contributed by atoms with Crippen LogP contribution in [0.25, 0.3) is 0 Å². The lowest BCUT2D eigenvalue weighted by Gasteiger charge is -2.15. The van der Waals surface area contributed by atoms with Crippen molar-refractivity contribution in [2.75, 3.05) is 11.9 Å². The van der Waals surface area contributed by atoms with Gasteiger partial charge in [-0.1, -0.05) is 13.8 Å². The zero-order valence-electron chi connectivity index (χ0n) is 12.3. The summed E-state index contributed by atoms with van der Waals surface area (Å²) < 4.78 is 4.91. The van der Waals surface area contributed by atoms with Gasteiger partial charge in [-0.3, -0.25) is 0 Å². The Kier molecular flexibility index (Phi) is 6.33. The summed E-state index contributed by atoms with van der Waals surface area (Å²) in [7, 11) is 0. The van der Waals surface area contributed by atoms with Crippen molar-refractivity contribution in [2.45, 2.75) is 46.6 Å². The standard InChI is InChI=1S/C15H24N2O2/c1-5-19-15(18)13-8-9-14(16-10-13)17-12(4)7-6-11(2)3/h8-12H,5-7H2,1-4H3,(H,16,17). The summed E-state index contributed by atoms with van der Waals surface area (Å²) in [4.78, 5) is 15.7. The molecule has 1 N–H and O–H groups in total. The first-order chi connectivity index (χ1) is 9.02. The molecule has 0 aliphatic carbocycles. The van der Waals surface area contributed by atoms with Crippen LogP contribution >= 0.6 is 0 Å². The predicted octanol–water partition coefficient (Wildman–Crippen LogP) is 3.49. The smallest absolute Gasteiger partial charge is 0.339 e. The van der Waals surface area contributed by atoms with Gasteiger partial charge in [-0.25, -0.2) is 9.78 Å². The van der Waals surface area contributed by atoms with Gasteiger partial charge in [-0.2, -0.15) is 0 Å². The van der Waals surface area contributed by atoms with E-state index in [0.717, 1.165) is 12.2 Å². The van der Waals surface area contributed by atoms with E-state index in [9.17, 15) is 4.79 Å². The molecule has 1 heterocycles. The van der Waals surface area contributed by atoms with Crippen molar-refractivity contribution in [3.05, 3.63) is 23.9 Å². The Hall–Kier alpha value is -1.58. The minimum absolute atomic E-state index is 0.325. The third kappa shape index (κ3) is 5.73. The van der Waals surface area contributed by atoms with Crippen molar-refractivity contribution in [1.29, 1.82) is 0 Å². The summed E-state index contributed by atoms with van der Waals surface area (Å²) >= 11 is 0. The zero-order valence-corrected chi connectivity index (χ0v) is 12.3. The minimum atomic E-state index is -0.325. The number of anilines is 1. The van der Waals surface area contributed by atoms with Gasteiger partial charge in [0, 0.05) is 12.2 Å². The maximum absolute atomic E-state index is 11.5. The number of carbonyl (C=O) groups is 1. The fraction of sp³-hybridized carbons (Fsp3) is 0.600. The van der Waals surface area contributed by atoms with Crippen LogP contribution in [-0.2, 0) is 4.74 Å². The molecule has 0 aliphatic rings. The molecule has 1 aromatic heterocycles. The molecule has 0 saturated heterocycles. The van der Waals surface area contributed by atoms with Crippen LogP contribution in [0, 0.1) is 5.92 Å². The van der Waals surface area contributed by atoms with E-state index >= 15 is 0 Å². The molecule has 0 aliphatic heterocycles. The fourth-order valence-electron chi connectivity index (χ4n) is 1.72. The van der Waals surface area contributed by atoms with Crippen molar-refractivity contribution in [3.8, 4) is 0 Å². The van der Waals surface area contributed by atoms with Crippen LogP contribution in [0.2, 0.25) is 0 Å². The number of ether oxygens (including phenoxy) is 1. The molecule has 1 unspecified atom stereocenters. The van der Waals surface area contributed by atoms with Crippen LogP contribution in [0.3, 0.4) is 0 Å². The van der Waals surface area contributed by atoms with Crippen molar-refractivity contribution in [1.82, 2.24) is 4.98 Å². The summed E-state index contributed by atoms with van der Waals surface area (Å²) in [5, 5.41) is 3.33. The molecular weight excluding hydrogens is 240 g/mol. The Morgan fingerprint density at radius 1 is 1.32 bits per heavy atom. The highest BCUT2D eigenvalue weighted by Crippen LogP contribution is 2.12. The number of nitrogens with one attached hydrogen (secondary N) is 1. The predicted molar refractivity (Wildman–Crippen MR) is 77.4 cm³/mol. The number of pyridine rings is 1. The second-order valence-electron chi connectivity index (χ2n) is 5.17. The molecule has 4 nitrogen and oxygen atoms in total. The first kappa shape index (κ1) is 15.5. The first-order valence-corrected chi connectivity index (χ1v) is 6.92. The first-order valence-electron chi connectivity index (χ1n) is 6.92. The summed E-state index contributed by atoms with van der Waals surface area (Å²) in [6.45, 7) is 8.75. The van der Waals surface area contributed by atoms with Gasteiger partial charge >= 0.3 is 5.97 Å². The van der Waals surface area contributed by atoms with Gasteiger partial charge < -0.3 is 10.1 Å². The molecule has 106 valence electrons. The fourth-order valence-corrected chi connectivity index (χ4v) is 1.72. The quantitative estimate of drug-likeness (QED) is 0.766. The molecule has 0 radical (unpaired) electrons. The highest BCUT2D eigenvalue weighted by molar-refractivity contribution is 5.89. The molecule has 1 rings (SSSR count). The monoisotopic (exact) mass is 264 g/mol. The maximum Gasteiger partial charge on any atom is 0.339 e.